The van der Waals surface area contributed by atoms with E-state index >= 15 is 0 Å². The molecule has 4 nitrogen and oxygen atoms in total. The van der Waals surface area contributed by atoms with Gasteiger partial charge in [0.15, 0.2) is 0 Å². The van der Waals surface area contributed by atoms with Crippen molar-refractivity contribution in [3.63, 3.8) is 0 Å². The average Bonchev–Trinajstić information content (AvgIpc) is 2.42. The highest BCUT2D eigenvalue weighted by Gasteiger charge is 2.18. The maximum absolute atomic E-state index is 12.8. The second-order valence-corrected chi connectivity index (χ2v) is 5.33. The first-order valence-electron chi connectivity index (χ1n) is 6.92. The Balaban J connectivity index is 0.00000220. The number of hydrogen-bond acceptors (Lipinski definition) is 4. The van der Waals surface area contributed by atoms with Crippen molar-refractivity contribution in [3.05, 3.63) is 35.6 Å². The Labute approximate surface area is 131 Å². The summed E-state index contributed by atoms with van der Waals surface area (Å²) in [6.45, 7) is 6.70. The van der Waals surface area contributed by atoms with Crippen molar-refractivity contribution < 1.29 is 13.9 Å². The number of carbonyl (C=O) groups is 1. The van der Waals surface area contributed by atoms with Crippen molar-refractivity contribution >= 4 is 18.4 Å². The molecule has 0 amide bonds. The Morgan fingerprint density at radius 2 is 1.81 bits per heavy atom. The number of benzene rings is 1. The van der Waals surface area contributed by atoms with Crippen LogP contribution in [0.5, 0.6) is 0 Å². The quantitative estimate of drug-likeness (QED) is 0.796. The molecular formula is C15H22ClFN2O2. The minimum absolute atomic E-state index is 0. The Morgan fingerprint density at radius 1 is 1.24 bits per heavy atom. The van der Waals surface area contributed by atoms with E-state index in [0.717, 1.165) is 32.7 Å². The lowest BCUT2D eigenvalue weighted by molar-refractivity contribution is 0.0207. The fourth-order valence-corrected chi connectivity index (χ4v) is 2.27. The summed E-state index contributed by atoms with van der Waals surface area (Å²) in [7, 11) is 2.11. The van der Waals surface area contributed by atoms with Gasteiger partial charge in [-0.25, -0.2) is 9.18 Å². The number of likely N-dealkylation sites (N-methyl/N-ethyl adjacent to an activating group) is 1. The number of ether oxygens (including phenoxy) is 1. The van der Waals surface area contributed by atoms with Crippen LogP contribution in [-0.4, -0.2) is 61.6 Å². The van der Waals surface area contributed by atoms with E-state index in [1.54, 1.807) is 0 Å². The van der Waals surface area contributed by atoms with Crippen LogP contribution in [0.25, 0.3) is 0 Å². The zero-order chi connectivity index (χ0) is 14.5. The molecule has 21 heavy (non-hydrogen) atoms. The van der Waals surface area contributed by atoms with E-state index < -0.39 is 5.97 Å². The molecule has 0 radical (unpaired) electrons. The minimum Gasteiger partial charge on any atom is -0.458 e. The topological polar surface area (TPSA) is 32.8 Å². The summed E-state index contributed by atoms with van der Waals surface area (Å²) >= 11 is 0. The molecule has 1 heterocycles. The van der Waals surface area contributed by atoms with Gasteiger partial charge >= 0.3 is 5.97 Å². The number of nitrogens with zero attached hydrogens (tertiary/aromatic N) is 2. The van der Waals surface area contributed by atoms with Gasteiger partial charge in [-0.2, -0.15) is 0 Å². The number of carbonyl (C=O) groups excluding carboxylic acids is 1. The van der Waals surface area contributed by atoms with Crippen molar-refractivity contribution in [1.82, 2.24) is 9.80 Å². The molecule has 1 unspecified atom stereocenters. The number of esters is 1. The summed E-state index contributed by atoms with van der Waals surface area (Å²) in [6.07, 6.45) is -0.170. The average molecular weight is 317 g/mol. The van der Waals surface area contributed by atoms with E-state index in [1.807, 2.05) is 6.92 Å². The van der Waals surface area contributed by atoms with Gasteiger partial charge in [-0.05, 0) is 38.2 Å². The van der Waals surface area contributed by atoms with Gasteiger partial charge in [0.25, 0.3) is 0 Å². The van der Waals surface area contributed by atoms with Gasteiger partial charge in [0.1, 0.15) is 11.9 Å². The molecule has 1 aromatic carbocycles. The third-order valence-corrected chi connectivity index (χ3v) is 3.50. The predicted molar refractivity (Wildman–Crippen MR) is 82.5 cm³/mol. The fourth-order valence-electron chi connectivity index (χ4n) is 2.27. The molecule has 0 spiro atoms. The lowest BCUT2D eigenvalue weighted by Crippen LogP contribution is -2.47. The van der Waals surface area contributed by atoms with Crippen LogP contribution in [0.1, 0.15) is 17.3 Å². The van der Waals surface area contributed by atoms with Crippen LogP contribution >= 0.6 is 12.4 Å². The number of hydrogen-bond donors (Lipinski definition) is 0. The van der Waals surface area contributed by atoms with Crippen molar-refractivity contribution in [2.75, 3.05) is 39.8 Å². The van der Waals surface area contributed by atoms with Gasteiger partial charge in [0, 0.05) is 32.7 Å². The fraction of sp³-hybridized carbons (Fsp3) is 0.533. The van der Waals surface area contributed by atoms with Crippen molar-refractivity contribution in [1.29, 1.82) is 0 Å². The maximum atomic E-state index is 12.8. The van der Waals surface area contributed by atoms with Gasteiger partial charge in [0.05, 0.1) is 5.56 Å². The van der Waals surface area contributed by atoms with Crippen LogP contribution in [0.15, 0.2) is 24.3 Å². The molecule has 0 aromatic heterocycles. The second-order valence-electron chi connectivity index (χ2n) is 5.33. The molecule has 1 aromatic rings. The second kappa shape index (κ2) is 8.32. The predicted octanol–water partition coefficient (Wildman–Crippen LogP) is 2.04. The van der Waals surface area contributed by atoms with Crippen molar-refractivity contribution in [2.24, 2.45) is 0 Å². The molecule has 1 aliphatic rings. The smallest absolute Gasteiger partial charge is 0.338 e. The Bertz CT molecular complexity index is 447. The van der Waals surface area contributed by atoms with Crippen LogP contribution < -0.4 is 0 Å². The molecule has 2 rings (SSSR count). The summed E-state index contributed by atoms with van der Waals surface area (Å²) in [5.74, 6) is -0.751. The normalized spacial score (nSPS) is 17.9. The molecule has 6 heteroatoms. The highest BCUT2D eigenvalue weighted by molar-refractivity contribution is 5.89. The van der Waals surface area contributed by atoms with Gasteiger partial charge in [0.2, 0.25) is 0 Å². The van der Waals surface area contributed by atoms with E-state index in [4.69, 9.17) is 4.74 Å². The van der Waals surface area contributed by atoms with Crippen molar-refractivity contribution in [3.8, 4) is 0 Å². The van der Waals surface area contributed by atoms with E-state index in [1.165, 1.54) is 24.3 Å². The standard InChI is InChI=1S/C15H21FN2O2.ClH/c1-12(11-18-9-7-17(2)8-10-18)20-15(19)13-3-5-14(16)6-4-13;/h3-6,12H,7-11H2,1-2H3;1H. The highest BCUT2D eigenvalue weighted by atomic mass is 35.5. The molecule has 0 saturated carbocycles. The van der Waals surface area contributed by atoms with Gasteiger partial charge < -0.3 is 9.64 Å². The highest BCUT2D eigenvalue weighted by Crippen LogP contribution is 2.08. The van der Waals surface area contributed by atoms with Crippen LogP contribution in [-0.2, 0) is 4.74 Å². The Kier molecular flexibility index (Phi) is 7.08. The molecular weight excluding hydrogens is 295 g/mol. The van der Waals surface area contributed by atoms with Crippen molar-refractivity contribution in [2.45, 2.75) is 13.0 Å². The van der Waals surface area contributed by atoms with E-state index in [0.29, 0.717) is 5.56 Å². The Morgan fingerprint density at radius 3 is 2.38 bits per heavy atom. The third kappa shape index (κ3) is 5.61. The molecule has 1 aliphatic heterocycles. The zero-order valence-corrected chi connectivity index (χ0v) is 13.2. The van der Waals surface area contributed by atoms with Crippen LogP contribution in [0, 0.1) is 5.82 Å². The molecule has 0 aliphatic carbocycles. The first-order chi connectivity index (χ1) is 9.54. The maximum Gasteiger partial charge on any atom is 0.338 e. The van der Waals surface area contributed by atoms with E-state index in [9.17, 15) is 9.18 Å². The first-order valence-corrected chi connectivity index (χ1v) is 6.92. The zero-order valence-electron chi connectivity index (χ0n) is 12.4. The van der Waals surface area contributed by atoms with Crippen LogP contribution in [0.3, 0.4) is 0 Å². The van der Waals surface area contributed by atoms with Gasteiger partial charge in [-0.1, -0.05) is 0 Å². The monoisotopic (exact) mass is 316 g/mol. The number of rotatable bonds is 4. The van der Waals surface area contributed by atoms with E-state index in [-0.39, 0.29) is 24.3 Å². The SMILES string of the molecule is CC(CN1CCN(C)CC1)OC(=O)c1ccc(F)cc1.Cl. The molecule has 0 bridgehead atoms. The minimum atomic E-state index is -0.397. The van der Waals surface area contributed by atoms with Crippen LogP contribution in [0.4, 0.5) is 4.39 Å². The lowest BCUT2D eigenvalue weighted by Gasteiger charge is -2.33. The Hall–Kier alpha value is -1.17. The molecule has 0 N–H and O–H groups in total. The molecule has 1 atom stereocenters. The first kappa shape index (κ1) is 17.9. The lowest BCUT2D eigenvalue weighted by atomic mass is 10.2. The summed E-state index contributed by atoms with van der Waals surface area (Å²) in [5, 5.41) is 0. The molecule has 1 fully saturated rings. The summed E-state index contributed by atoms with van der Waals surface area (Å²) in [6, 6.07) is 5.42. The number of piperazine rings is 1. The van der Waals surface area contributed by atoms with Gasteiger partial charge in [-0.15, -0.1) is 12.4 Å². The molecule has 1 saturated heterocycles. The summed E-state index contributed by atoms with van der Waals surface area (Å²) in [4.78, 5) is 16.5. The van der Waals surface area contributed by atoms with Crippen LogP contribution in [0.2, 0.25) is 0 Å². The largest absolute Gasteiger partial charge is 0.458 e. The summed E-state index contributed by atoms with van der Waals surface area (Å²) in [5.41, 5.74) is 0.386. The van der Waals surface area contributed by atoms with E-state index in [2.05, 4.69) is 16.8 Å². The summed E-state index contributed by atoms with van der Waals surface area (Å²) < 4.78 is 18.2. The third-order valence-electron chi connectivity index (χ3n) is 3.50. The molecule has 118 valence electrons. The number of halogens is 2. The van der Waals surface area contributed by atoms with Gasteiger partial charge in [-0.3, -0.25) is 4.90 Å².